The highest BCUT2D eigenvalue weighted by molar-refractivity contribution is 7.13. The molecule has 1 amide bonds. The Balaban J connectivity index is 1.35. The van der Waals surface area contributed by atoms with Gasteiger partial charge in [0.1, 0.15) is 13.2 Å². The molecule has 1 aromatic heterocycles. The van der Waals surface area contributed by atoms with Crippen molar-refractivity contribution < 1.29 is 19.0 Å². The van der Waals surface area contributed by atoms with Crippen molar-refractivity contribution >= 4 is 40.1 Å². The molecule has 9 heteroatoms. The first-order chi connectivity index (χ1) is 13.7. The standard InChI is InChI=1S/C19H20ClN3O4S/c20-15-9-13(10-16-18(15)27-8-7-26-16)1-2-17(24)22-19-21-14(12-28-19)11-23-3-5-25-6-4-23/h1-2,9-10,12H,3-8,11H2,(H,21,22,24). The van der Waals surface area contributed by atoms with E-state index in [2.05, 4.69) is 15.2 Å². The van der Waals surface area contributed by atoms with Gasteiger partial charge in [0.05, 0.1) is 23.9 Å². The third kappa shape index (κ3) is 4.82. The third-order valence-corrected chi connectivity index (χ3v) is 5.40. The fraction of sp³-hybridized carbons (Fsp3) is 0.368. The molecule has 3 heterocycles. The zero-order valence-electron chi connectivity index (χ0n) is 15.2. The van der Waals surface area contributed by atoms with Crippen molar-refractivity contribution in [3.05, 3.63) is 39.9 Å². The molecular formula is C19H20ClN3O4S. The van der Waals surface area contributed by atoms with E-state index in [1.165, 1.54) is 17.4 Å². The number of carbonyl (C=O) groups excluding carboxylic acids is 1. The molecule has 0 unspecified atom stereocenters. The average molecular weight is 422 g/mol. The summed E-state index contributed by atoms with van der Waals surface area (Å²) in [6, 6.07) is 3.54. The van der Waals surface area contributed by atoms with Crippen LogP contribution in [0.25, 0.3) is 6.08 Å². The lowest BCUT2D eigenvalue weighted by molar-refractivity contribution is -0.111. The summed E-state index contributed by atoms with van der Waals surface area (Å²) in [5.74, 6) is 0.884. The van der Waals surface area contributed by atoms with Crippen LogP contribution in [-0.4, -0.2) is 55.3 Å². The molecule has 0 radical (unpaired) electrons. The number of hydrogen-bond acceptors (Lipinski definition) is 7. The number of hydrogen-bond donors (Lipinski definition) is 1. The van der Waals surface area contributed by atoms with Crippen molar-refractivity contribution in [2.45, 2.75) is 6.54 Å². The van der Waals surface area contributed by atoms with E-state index in [0.717, 1.165) is 44.1 Å². The fourth-order valence-electron chi connectivity index (χ4n) is 2.97. The molecule has 2 aliphatic rings. The number of halogens is 1. The number of rotatable bonds is 5. The second-order valence-corrected chi connectivity index (χ2v) is 7.65. The zero-order valence-corrected chi connectivity index (χ0v) is 16.7. The van der Waals surface area contributed by atoms with Gasteiger partial charge in [-0.1, -0.05) is 11.6 Å². The Bertz CT molecular complexity index is 880. The van der Waals surface area contributed by atoms with Gasteiger partial charge in [-0.25, -0.2) is 4.98 Å². The molecular weight excluding hydrogens is 402 g/mol. The Morgan fingerprint density at radius 2 is 2.07 bits per heavy atom. The first-order valence-electron chi connectivity index (χ1n) is 9.00. The van der Waals surface area contributed by atoms with Gasteiger partial charge in [0.25, 0.3) is 0 Å². The number of fused-ring (bicyclic) bond motifs is 1. The molecule has 0 spiro atoms. The van der Waals surface area contributed by atoms with E-state index in [1.807, 2.05) is 5.38 Å². The number of anilines is 1. The molecule has 28 heavy (non-hydrogen) atoms. The Morgan fingerprint density at radius 1 is 1.25 bits per heavy atom. The van der Waals surface area contributed by atoms with Crippen LogP contribution in [0.3, 0.4) is 0 Å². The minimum absolute atomic E-state index is 0.252. The van der Waals surface area contributed by atoms with Crippen molar-refractivity contribution in [3.8, 4) is 11.5 Å². The number of amides is 1. The van der Waals surface area contributed by atoms with E-state index in [-0.39, 0.29) is 5.91 Å². The first-order valence-corrected chi connectivity index (χ1v) is 10.3. The van der Waals surface area contributed by atoms with Gasteiger partial charge in [0.15, 0.2) is 16.6 Å². The lowest BCUT2D eigenvalue weighted by Crippen LogP contribution is -2.35. The number of nitrogens with one attached hydrogen (secondary N) is 1. The maximum absolute atomic E-state index is 12.2. The predicted octanol–water partition coefficient (Wildman–Crippen LogP) is 3.05. The maximum Gasteiger partial charge on any atom is 0.250 e. The van der Waals surface area contributed by atoms with Crippen molar-refractivity contribution in [2.24, 2.45) is 0 Å². The molecule has 2 aliphatic heterocycles. The van der Waals surface area contributed by atoms with E-state index in [9.17, 15) is 4.79 Å². The second kappa shape index (κ2) is 8.91. The number of ether oxygens (including phenoxy) is 3. The van der Waals surface area contributed by atoms with Crippen LogP contribution in [0.4, 0.5) is 5.13 Å². The molecule has 7 nitrogen and oxygen atoms in total. The average Bonchev–Trinajstić information content (AvgIpc) is 3.14. The minimum Gasteiger partial charge on any atom is -0.486 e. The van der Waals surface area contributed by atoms with E-state index in [0.29, 0.717) is 34.9 Å². The maximum atomic E-state index is 12.2. The van der Waals surface area contributed by atoms with Crippen LogP contribution in [-0.2, 0) is 16.1 Å². The summed E-state index contributed by atoms with van der Waals surface area (Å²) < 4.78 is 16.4. The molecule has 0 bridgehead atoms. The lowest BCUT2D eigenvalue weighted by atomic mass is 10.1. The summed E-state index contributed by atoms with van der Waals surface area (Å²) in [5, 5.41) is 5.81. The Labute approximate surface area is 171 Å². The van der Waals surface area contributed by atoms with E-state index < -0.39 is 0 Å². The predicted molar refractivity (Wildman–Crippen MR) is 108 cm³/mol. The summed E-state index contributed by atoms with van der Waals surface area (Å²) in [7, 11) is 0. The summed E-state index contributed by atoms with van der Waals surface area (Å²) in [4.78, 5) is 19.0. The monoisotopic (exact) mass is 421 g/mol. The summed E-state index contributed by atoms with van der Waals surface area (Å²) >= 11 is 7.63. The molecule has 0 aliphatic carbocycles. The van der Waals surface area contributed by atoms with Crippen LogP contribution in [0.2, 0.25) is 5.02 Å². The van der Waals surface area contributed by atoms with Gasteiger partial charge in [-0.05, 0) is 23.8 Å². The van der Waals surface area contributed by atoms with Crippen LogP contribution >= 0.6 is 22.9 Å². The number of morpholine rings is 1. The number of thiazole rings is 1. The molecule has 0 saturated carbocycles. The van der Waals surface area contributed by atoms with Crippen LogP contribution < -0.4 is 14.8 Å². The van der Waals surface area contributed by atoms with E-state index in [1.54, 1.807) is 18.2 Å². The Morgan fingerprint density at radius 3 is 2.93 bits per heavy atom. The number of benzene rings is 1. The van der Waals surface area contributed by atoms with Gasteiger partial charge in [0, 0.05) is 31.1 Å². The van der Waals surface area contributed by atoms with Gasteiger partial charge in [-0.3, -0.25) is 15.0 Å². The lowest BCUT2D eigenvalue weighted by Gasteiger charge is -2.25. The van der Waals surface area contributed by atoms with Crippen LogP contribution in [0.5, 0.6) is 11.5 Å². The summed E-state index contributed by atoms with van der Waals surface area (Å²) in [5.41, 5.74) is 1.71. The topological polar surface area (TPSA) is 72.9 Å². The van der Waals surface area contributed by atoms with Gasteiger partial charge in [-0.2, -0.15) is 0 Å². The van der Waals surface area contributed by atoms with Crippen molar-refractivity contribution in [3.63, 3.8) is 0 Å². The van der Waals surface area contributed by atoms with Gasteiger partial charge in [0.2, 0.25) is 5.91 Å². The molecule has 1 fully saturated rings. The molecule has 1 saturated heterocycles. The molecule has 1 aromatic carbocycles. The number of nitrogens with zero attached hydrogens (tertiary/aromatic N) is 2. The van der Waals surface area contributed by atoms with Gasteiger partial charge < -0.3 is 14.2 Å². The summed E-state index contributed by atoms with van der Waals surface area (Å²) in [6.45, 7) is 5.03. The summed E-state index contributed by atoms with van der Waals surface area (Å²) in [6.07, 6.45) is 3.13. The Kier molecular flexibility index (Phi) is 6.11. The second-order valence-electron chi connectivity index (χ2n) is 6.38. The van der Waals surface area contributed by atoms with Crippen LogP contribution in [0.1, 0.15) is 11.3 Å². The SMILES string of the molecule is O=C(C=Cc1cc(Cl)c2c(c1)OCCO2)Nc1nc(CN2CCOCC2)cs1. The normalized spacial score (nSPS) is 17.0. The van der Waals surface area contributed by atoms with Gasteiger partial charge in [-0.15, -0.1) is 11.3 Å². The van der Waals surface area contributed by atoms with Crippen molar-refractivity contribution in [1.29, 1.82) is 0 Å². The quantitative estimate of drug-likeness (QED) is 0.748. The fourth-order valence-corrected chi connectivity index (χ4v) is 3.95. The van der Waals surface area contributed by atoms with Crippen LogP contribution in [0, 0.1) is 0 Å². The highest BCUT2D eigenvalue weighted by Crippen LogP contribution is 2.38. The first kappa shape index (κ1) is 19.2. The minimum atomic E-state index is -0.252. The molecule has 4 rings (SSSR count). The zero-order chi connectivity index (χ0) is 19.3. The van der Waals surface area contributed by atoms with Crippen molar-refractivity contribution in [1.82, 2.24) is 9.88 Å². The highest BCUT2D eigenvalue weighted by Gasteiger charge is 2.16. The van der Waals surface area contributed by atoms with Gasteiger partial charge >= 0.3 is 0 Å². The molecule has 1 N–H and O–H groups in total. The highest BCUT2D eigenvalue weighted by atomic mass is 35.5. The number of carbonyl (C=O) groups is 1. The van der Waals surface area contributed by atoms with E-state index >= 15 is 0 Å². The number of aromatic nitrogens is 1. The van der Waals surface area contributed by atoms with E-state index in [4.69, 9.17) is 25.8 Å². The Hall–Kier alpha value is -2.13. The molecule has 0 atom stereocenters. The largest absolute Gasteiger partial charge is 0.486 e. The van der Waals surface area contributed by atoms with Crippen LogP contribution in [0.15, 0.2) is 23.6 Å². The molecule has 2 aromatic rings. The van der Waals surface area contributed by atoms with Crippen molar-refractivity contribution in [2.75, 3.05) is 44.8 Å². The smallest absolute Gasteiger partial charge is 0.250 e. The third-order valence-electron chi connectivity index (χ3n) is 4.32. The molecule has 148 valence electrons.